The number of para-hydroxylation sites is 1. The molecule has 0 aliphatic carbocycles. The van der Waals surface area contributed by atoms with Crippen LogP contribution in [0.4, 0.5) is 5.69 Å². The zero-order chi connectivity index (χ0) is 27.7. The smallest absolute Gasteiger partial charge is 0.266 e. The maximum atomic E-state index is 13.2. The van der Waals surface area contributed by atoms with Gasteiger partial charge in [-0.15, -0.1) is 0 Å². The average Bonchev–Trinajstić information content (AvgIpc) is 3.54. The highest BCUT2D eigenvalue weighted by Crippen LogP contribution is 2.40. The number of aromatic amines is 1. The van der Waals surface area contributed by atoms with Gasteiger partial charge in [0.15, 0.2) is 5.03 Å². The number of amides is 3. The molecule has 2 aromatic carbocycles. The van der Waals surface area contributed by atoms with Crippen LogP contribution in [0.5, 0.6) is 0 Å². The van der Waals surface area contributed by atoms with Crippen molar-refractivity contribution in [3.63, 3.8) is 0 Å². The van der Waals surface area contributed by atoms with E-state index in [1.807, 2.05) is 34.9 Å². The summed E-state index contributed by atoms with van der Waals surface area (Å²) in [5, 5.41) is 21.9. The van der Waals surface area contributed by atoms with Gasteiger partial charge in [0, 0.05) is 59.8 Å². The monoisotopic (exact) mass is 528 g/mol. The number of carbonyl (C=O) groups is 3. The molecule has 39 heavy (non-hydrogen) atoms. The number of nitrogens with zero attached hydrogens (tertiary/aromatic N) is 3. The molecule has 3 amide bonds. The molecule has 0 bridgehead atoms. The number of H-pyrrole nitrogens is 1. The Morgan fingerprint density at radius 2 is 1.85 bits per heavy atom. The maximum Gasteiger partial charge on any atom is 0.266 e. The summed E-state index contributed by atoms with van der Waals surface area (Å²) in [5.74, 6) is -1.64. The van der Waals surface area contributed by atoms with Crippen molar-refractivity contribution in [2.45, 2.75) is 19.9 Å². The third kappa shape index (κ3) is 4.80. The zero-order valence-corrected chi connectivity index (χ0v) is 20.8. The van der Waals surface area contributed by atoms with E-state index in [-0.39, 0.29) is 23.0 Å². The molecule has 1 aliphatic rings. The van der Waals surface area contributed by atoms with Crippen LogP contribution in [0.2, 0.25) is 0 Å². The number of rotatable bonds is 8. The first-order valence-electron chi connectivity index (χ1n) is 12.0. The Labute approximate surface area is 220 Å². The van der Waals surface area contributed by atoms with Crippen molar-refractivity contribution in [2.24, 2.45) is 10.8 Å². The molecule has 0 radical (unpaired) electrons. The average molecular weight is 529 g/mol. The van der Waals surface area contributed by atoms with Gasteiger partial charge >= 0.3 is 0 Å². The summed E-state index contributed by atoms with van der Waals surface area (Å²) < 4.78 is 1.90. The molecule has 13 nitrogen and oxygen atoms in total. The summed E-state index contributed by atoms with van der Waals surface area (Å²) in [6.07, 6.45) is 3.97. The number of aromatic nitrogens is 2. The minimum absolute atomic E-state index is 0.201. The van der Waals surface area contributed by atoms with Gasteiger partial charge < -0.3 is 25.9 Å². The molecular weight excluding hydrogens is 504 g/mol. The van der Waals surface area contributed by atoms with Crippen molar-refractivity contribution >= 4 is 62.3 Å². The number of nitro groups is 1. The molecule has 0 saturated carbocycles. The molecular formula is C26H24N8O5. The minimum atomic E-state index is -0.884. The summed E-state index contributed by atoms with van der Waals surface area (Å²) in [5.41, 5.74) is 9.04. The van der Waals surface area contributed by atoms with Gasteiger partial charge in [0.25, 0.3) is 17.8 Å². The SMILES string of the molecule is CC(=O)Nc1cccc2c1c(C1=C(c3c[nH]c4ccccc34)C(=O)NC1=O)cn2CCCNC(N)=N[N+](=O)[O-]. The van der Waals surface area contributed by atoms with E-state index in [1.54, 1.807) is 24.5 Å². The second-order valence-corrected chi connectivity index (χ2v) is 8.90. The number of fused-ring (bicyclic) bond motifs is 2. The Morgan fingerprint density at radius 3 is 2.59 bits per heavy atom. The van der Waals surface area contributed by atoms with Gasteiger partial charge in [-0.3, -0.25) is 19.7 Å². The van der Waals surface area contributed by atoms with Crippen molar-refractivity contribution in [1.29, 1.82) is 0 Å². The second kappa shape index (κ2) is 10.1. The third-order valence-corrected chi connectivity index (χ3v) is 6.35. The summed E-state index contributed by atoms with van der Waals surface area (Å²) >= 11 is 0. The van der Waals surface area contributed by atoms with Gasteiger partial charge in [-0.1, -0.05) is 24.3 Å². The number of aryl methyl sites for hydroxylation is 1. The summed E-state index contributed by atoms with van der Waals surface area (Å²) in [6, 6.07) is 12.8. The second-order valence-electron chi connectivity index (χ2n) is 8.90. The third-order valence-electron chi connectivity index (χ3n) is 6.35. The van der Waals surface area contributed by atoms with E-state index in [0.717, 1.165) is 16.4 Å². The predicted octanol–water partition coefficient (Wildman–Crippen LogP) is 2.13. The van der Waals surface area contributed by atoms with Gasteiger partial charge in [0.05, 0.1) is 22.4 Å². The first-order valence-corrected chi connectivity index (χ1v) is 12.0. The number of guanidine groups is 1. The van der Waals surface area contributed by atoms with Crippen LogP contribution in [0.25, 0.3) is 33.0 Å². The van der Waals surface area contributed by atoms with Gasteiger partial charge in [-0.2, -0.15) is 0 Å². The number of hydrazone groups is 1. The lowest BCUT2D eigenvalue weighted by Gasteiger charge is -2.09. The van der Waals surface area contributed by atoms with E-state index >= 15 is 0 Å². The van der Waals surface area contributed by atoms with E-state index in [2.05, 4.69) is 26.0 Å². The molecule has 0 saturated heterocycles. The van der Waals surface area contributed by atoms with Crippen molar-refractivity contribution < 1.29 is 19.4 Å². The Morgan fingerprint density at radius 1 is 1.10 bits per heavy atom. The lowest BCUT2D eigenvalue weighted by atomic mass is 9.95. The number of carbonyl (C=O) groups excluding carboxylic acids is 3. The van der Waals surface area contributed by atoms with Crippen LogP contribution < -0.4 is 21.7 Å². The number of imide groups is 1. The Kier molecular flexibility index (Phi) is 6.54. The van der Waals surface area contributed by atoms with Crippen LogP contribution in [0, 0.1) is 10.1 Å². The van der Waals surface area contributed by atoms with E-state index in [0.29, 0.717) is 41.7 Å². The lowest BCUT2D eigenvalue weighted by molar-refractivity contribution is -0.485. The van der Waals surface area contributed by atoms with Crippen LogP contribution in [0.1, 0.15) is 24.5 Å². The largest absolute Gasteiger partial charge is 0.365 e. The van der Waals surface area contributed by atoms with Gasteiger partial charge in [0.1, 0.15) is 5.10 Å². The minimum Gasteiger partial charge on any atom is -0.365 e. The zero-order valence-electron chi connectivity index (χ0n) is 20.8. The van der Waals surface area contributed by atoms with Crippen molar-refractivity contribution in [3.05, 3.63) is 76.1 Å². The van der Waals surface area contributed by atoms with Gasteiger partial charge in [0.2, 0.25) is 5.91 Å². The molecule has 198 valence electrons. The number of hydrogen-bond acceptors (Lipinski definition) is 5. The number of nitrogens with two attached hydrogens (primary N) is 1. The number of hydrogen-bond donors (Lipinski definition) is 5. The molecule has 4 aromatic rings. The summed E-state index contributed by atoms with van der Waals surface area (Å²) in [4.78, 5) is 52.0. The molecule has 3 heterocycles. The van der Waals surface area contributed by atoms with Crippen molar-refractivity contribution in [2.75, 3.05) is 11.9 Å². The molecule has 5 rings (SSSR count). The van der Waals surface area contributed by atoms with Crippen LogP contribution in [0.15, 0.2) is 60.0 Å². The number of benzene rings is 2. The van der Waals surface area contributed by atoms with E-state index in [9.17, 15) is 24.5 Å². The first-order chi connectivity index (χ1) is 18.7. The number of nitrogens with one attached hydrogen (secondary N) is 4. The highest BCUT2D eigenvalue weighted by atomic mass is 16.7. The van der Waals surface area contributed by atoms with Crippen LogP contribution in [-0.4, -0.2) is 44.8 Å². The highest BCUT2D eigenvalue weighted by molar-refractivity contribution is 6.51. The van der Waals surface area contributed by atoms with Gasteiger partial charge in [-0.25, -0.2) is 10.1 Å². The first kappa shape index (κ1) is 25.2. The summed E-state index contributed by atoms with van der Waals surface area (Å²) in [7, 11) is 0. The van der Waals surface area contributed by atoms with Crippen molar-refractivity contribution in [3.8, 4) is 0 Å². The van der Waals surface area contributed by atoms with E-state index in [1.165, 1.54) is 6.92 Å². The molecule has 6 N–H and O–H groups in total. The van der Waals surface area contributed by atoms with Crippen LogP contribution in [-0.2, 0) is 20.9 Å². The lowest BCUT2D eigenvalue weighted by Crippen LogP contribution is -2.33. The standard InChI is InChI=1S/C26H24N8O5/c1-14(35)30-19-8-4-9-20-21(19)17(13-33(20)11-5-10-28-26(27)32-34(38)39)23-22(24(36)31-25(23)37)16-12-29-18-7-3-2-6-15(16)18/h2-4,6-9,12-13,29H,5,10-11H2,1H3,(H,30,35)(H3,27,28,32)(H,31,36,37). The fourth-order valence-electron chi connectivity index (χ4n) is 4.86. The molecule has 0 fully saturated rings. The normalized spacial score (nSPS) is 13.8. The van der Waals surface area contributed by atoms with Crippen LogP contribution in [0.3, 0.4) is 0 Å². The molecule has 13 heteroatoms. The van der Waals surface area contributed by atoms with Crippen LogP contribution >= 0.6 is 0 Å². The highest BCUT2D eigenvalue weighted by Gasteiger charge is 2.35. The van der Waals surface area contributed by atoms with E-state index < -0.39 is 16.8 Å². The maximum absolute atomic E-state index is 13.2. The Bertz CT molecular complexity index is 1730. The van der Waals surface area contributed by atoms with Crippen molar-refractivity contribution in [1.82, 2.24) is 20.2 Å². The Hall–Kier alpha value is -5.46. The summed E-state index contributed by atoms with van der Waals surface area (Å²) in [6.45, 7) is 2.12. The fraction of sp³-hybridized carbons (Fsp3) is 0.154. The molecule has 0 unspecified atom stereocenters. The predicted molar refractivity (Wildman–Crippen MR) is 146 cm³/mol. The molecule has 0 spiro atoms. The topological polar surface area (TPSA) is 190 Å². The van der Waals surface area contributed by atoms with E-state index in [4.69, 9.17) is 5.73 Å². The van der Waals surface area contributed by atoms with Gasteiger partial charge in [-0.05, 0) is 24.6 Å². The molecule has 0 atom stereocenters. The quantitative estimate of drug-likeness (QED) is 0.0578. The Balaban J connectivity index is 1.63. The molecule has 2 aromatic heterocycles. The molecule has 1 aliphatic heterocycles. The number of anilines is 1. The fourth-order valence-corrected chi connectivity index (χ4v) is 4.86.